The van der Waals surface area contributed by atoms with Gasteiger partial charge in [-0.3, -0.25) is 0 Å². The van der Waals surface area contributed by atoms with E-state index in [2.05, 4.69) is 17.0 Å². The number of fused-ring (bicyclic) bond motifs is 3. The Labute approximate surface area is 194 Å². The number of hydrogen-bond donors (Lipinski definition) is 1. The van der Waals surface area contributed by atoms with Gasteiger partial charge in [-0.25, -0.2) is 14.8 Å². The van der Waals surface area contributed by atoms with E-state index in [9.17, 15) is 9.90 Å². The zero-order valence-corrected chi connectivity index (χ0v) is 19.0. The number of likely N-dealkylation sites (N-methyl/N-ethyl adjacent to an activating group) is 1. The highest BCUT2D eigenvalue weighted by molar-refractivity contribution is 5.96. The number of aromatic nitrogens is 2. The van der Waals surface area contributed by atoms with Crippen molar-refractivity contribution in [2.24, 2.45) is 0 Å². The summed E-state index contributed by atoms with van der Waals surface area (Å²) in [7, 11) is 2.25. The van der Waals surface area contributed by atoms with Crippen LogP contribution < -0.4 is 0 Å². The first kappa shape index (κ1) is 21.7. The Balaban J connectivity index is 1.27. The van der Waals surface area contributed by atoms with Crippen LogP contribution in [-0.4, -0.2) is 58.3 Å². The first-order chi connectivity index (χ1) is 16.0. The topological polar surface area (TPSA) is 72.3 Å². The Morgan fingerprint density at radius 1 is 1.09 bits per heavy atom. The van der Waals surface area contributed by atoms with Crippen LogP contribution in [0.1, 0.15) is 36.0 Å². The van der Waals surface area contributed by atoms with Crippen LogP contribution in [-0.2, 0) is 21.6 Å². The summed E-state index contributed by atoms with van der Waals surface area (Å²) in [6.45, 7) is 2.40. The molecule has 1 aromatic heterocycles. The number of aliphatic hydroxyl groups is 1. The predicted octanol–water partition coefficient (Wildman–Crippen LogP) is 3.48. The monoisotopic (exact) mass is 444 g/mol. The highest BCUT2D eigenvalue weighted by atomic mass is 16.6. The van der Waals surface area contributed by atoms with Crippen molar-refractivity contribution < 1.29 is 19.1 Å². The van der Waals surface area contributed by atoms with Crippen LogP contribution in [0.3, 0.4) is 0 Å². The lowest BCUT2D eigenvalue weighted by Crippen LogP contribution is -2.51. The van der Waals surface area contributed by atoms with E-state index < -0.39 is 11.6 Å². The lowest BCUT2D eigenvalue weighted by Gasteiger charge is -2.36. The van der Waals surface area contributed by atoms with Crippen molar-refractivity contribution in [3.05, 3.63) is 83.9 Å². The molecule has 2 aliphatic rings. The molecule has 6 nitrogen and oxygen atoms in total. The lowest BCUT2D eigenvalue weighted by molar-refractivity contribution is -0.921. The zero-order chi connectivity index (χ0) is 22.9. The summed E-state index contributed by atoms with van der Waals surface area (Å²) in [4.78, 5) is 21.6. The van der Waals surface area contributed by atoms with E-state index in [1.165, 1.54) is 0 Å². The van der Waals surface area contributed by atoms with Gasteiger partial charge in [0.2, 0.25) is 5.60 Å². The van der Waals surface area contributed by atoms with E-state index in [4.69, 9.17) is 4.74 Å². The van der Waals surface area contributed by atoms with E-state index in [1.807, 2.05) is 60.9 Å². The normalized spacial score (nSPS) is 22.5. The van der Waals surface area contributed by atoms with Crippen molar-refractivity contribution >= 4 is 5.97 Å². The van der Waals surface area contributed by atoms with Gasteiger partial charge in [0.1, 0.15) is 19.0 Å². The summed E-state index contributed by atoms with van der Waals surface area (Å²) >= 11 is 0. The van der Waals surface area contributed by atoms with E-state index in [-0.39, 0.29) is 6.04 Å². The molecule has 170 valence electrons. The molecule has 6 heteroatoms. The van der Waals surface area contributed by atoms with Crippen LogP contribution in [0.4, 0.5) is 0 Å². The summed E-state index contributed by atoms with van der Waals surface area (Å²) in [6.07, 6.45) is 9.39. The highest BCUT2D eigenvalue weighted by Crippen LogP contribution is 2.48. The Kier molecular flexibility index (Phi) is 5.72. The quantitative estimate of drug-likeness (QED) is 0.446. The number of hydrogen-bond acceptors (Lipinski definition) is 5. The second-order valence-electron chi connectivity index (χ2n) is 9.47. The van der Waals surface area contributed by atoms with E-state index in [0.29, 0.717) is 17.7 Å². The fourth-order valence-corrected chi connectivity index (χ4v) is 5.55. The Morgan fingerprint density at radius 3 is 2.39 bits per heavy atom. The van der Waals surface area contributed by atoms with Crippen molar-refractivity contribution in [3.63, 3.8) is 0 Å². The Morgan fingerprint density at radius 2 is 1.73 bits per heavy atom. The number of benzene rings is 2. The molecule has 0 spiro atoms. The smallest absolute Gasteiger partial charge is 0.347 e. The average molecular weight is 445 g/mol. The van der Waals surface area contributed by atoms with Gasteiger partial charge in [0, 0.05) is 42.8 Å². The van der Waals surface area contributed by atoms with Gasteiger partial charge in [0.05, 0.1) is 20.1 Å². The molecule has 33 heavy (non-hydrogen) atoms. The number of aryl methyl sites for hydroxylation is 1. The minimum Gasteiger partial charge on any atom is -0.457 e. The molecule has 5 rings (SSSR count). The molecular weight excluding hydrogens is 414 g/mol. The second kappa shape index (κ2) is 8.69. The second-order valence-corrected chi connectivity index (χ2v) is 9.47. The number of nitrogens with zero attached hydrogens (tertiary/aromatic N) is 3. The van der Waals surface area contributed by atoms with Crippen LogP contribution in [0.25, 0.3) is 11.1 Å². The average Bonchev–Trinajstić information content (AvgIpc) is 3.34. The number of ether oxygens (including phenoxy) is 1. The molecule has 2 aromatic carbocycles. The third-order valence-electron chi connectivity index (χ3n) is 7.46. The van der Waals surface area contributed by atoms with Gasteiger partial charge >= 0.3 is 5.97 Å². The number of rotatable bonds is 7. The maximum absolute atomic E-state index is 13.4. The molecule has 1 aliphatic carbocycles. The molecule has 0 saturated carbocycles. The van der Waals surface area contributed by atoms with Crippen LogP contribution in [0.2, 0.25) is 0 Å². The summed E-state index contributed by atoms with van der Waals surface area (Å²) in [5, 5.41) is 11.6. The minimum atomic E-state index is -1.76. The molecule has 2 heterocycles. The zero-order valence-electron chi connectivity index (χ0n) is 19.0. The molecule has 1 unspecified atom stereocenters. The fraction of sp³-hybridized carbons (Fsp3) is 0.370. The molecule has 0 radical (unpaired) electrons. The van der Waals surface area contributed by atoms with Crippen molar-refractivity contribution in [2.45, 2.75) is 37.3 Å². The predicted molar refractivity (Wildman–Crippen MR) is 125 cm³/mol. The Hall–Kier alpha value is -3.09. The minimum absolute atomic E-state index is 0.233. The lowest BCUT2D eigenvalue weighted by atomic mass is 9.91. The van der Waals surface area contributed by atoms with Crippen LogP contribution in [0, 0.1) is 0 Å². The van der Waals surface area contributed by atoms with Gasteiger partial charge in [-0.15, -0.1) is 0 Å². The van der Waals surface area contributed by atoms with Crippen molar-refractivity contribution in [1.29, 1.82) is 0 Å². The number of carbonyl (C=O) groups excluding carboxylic acids is 1. The maximum atomic E-state index is 13.4. The summed E-state index contributed by atoms with van der Waals surface area (Å²) in [6, 6.07) is 15.3. The molecule has 0 bridgehead atoms. The van der Waals surface area contributed by atoms with Gasteiger partial charge in [-0.2, -0.15) is 0 Å². The molecule has 3 aromatic rings. The largest absolute Gasteiger partial charge is 0.457 e. The Bertz CT molecular complexity index is 1100. The maximum Gasteiger partial charge on any atom is 0.347 e. The van der Waals surface area contributed by atoms with Crippen molar-refractivity contribution in [1.82, 2.24) is 9.97 Å². The molecule has 0 amide bonds. The number of esters is 1. The third kappa shape index (κ3) is 3.83. The molecule has 1 fully saturated rings. The van der Waals surface area contributed by atoms with Crippen LogP contribution >= 0.6 is 0 Å². The first-order valence-electron chi connectivity index (χ1n) is 11.7. The van der Waals surface area contributed by atoms with E-state index >= 15 is 0 Å². The van der Waals surface area contributed by atoms with Crippen molar-refractivity contribution in [2.75, 3.05) is 26.7 Å². The summed E-state index contributed by atoms with van der Waals surface area (Å²) in [5.41, 5.74) is 2.36. The van der Waals surface area contributed by atoms with Crippen molar-refractivity contribution in [3.8, 4) is 11.1 Å². The number of quaternary nitrogens is 1. The number of likely N-dealkylation sites (tertiary alicyclic amines) is 1. The first-order valence-corrected chi connectivity index (χ1v) is 11.7. The SMILES string of the molecule is C[N@@+]1(CCCc2cncnc2)CCCC1COC(=O)C1(O)c2ccccc2-c2ccccc21. The standard InChI is InChI=1S/C27H30N3O3/c1-30(14-6-8-20-16-28-19-29-17-20)15-7-9-21(30)18-33-26(31)27(32)24-12-4-2-10-22(24)23-11-3-5-13-25(23)27/h2-5,10-13,16-17,19,21,32H,6-9,14-15,18H2,1H3/q+1/t21?,30-/m1/s1. The van der Waals surface area contributed by atoms with E-state index in [1.54, 1.807) is 6.33 Å². The van der Waals surface area contributed by atoms with Gasteiger partial charge in [-0.1, -0.05) is 48.5 Å². The molecule has 1 N–H and O–H groups in total. The molecule has 2 atom stereocenters. The summed E-state index contributed by atoms with van der Waals surface area (Å²) in [5.74, 6) is -0.584. The van der Waals surface area contributed by atoms with Gasteiger partial charge < -0.3 is 14.3 Å². The van der Waals surface area contributed by atoms with Gasteiger partial charge in [0.15, 0.2) is 0 Å². The number of carbonyl (C=O) groups is 1. The van der Waals surface area contributed by atoms with Gasteiger partial charge in [0.25, 0.3) is 0 Å². The fourth-order valence-electron chi connectivity index (χ4n) is 5.55. The molecular formula is C27H30N3O3+. The molecule has 1 saturated heterocycles. The highest BCUT2D eigenvalue weighted by Gasteiger charge is 2.50. The van der Waals surface area contributed by atoms with Crippen LogP contribution in [0.5, 0.6) is 0 Å². The van der Waals surface area contributed by atoms with Crippen LogP contribution in [0.15, 0.2) is 67.3 Å². The van der Waals surface area contributed by atoms with E-state index in [0.717, 1.165) is 59.9 Å². The molecule has 1 aliphatic heterocycles. The van der Waals surface area contributed by atoms with Gasteiger partial charge in [-0.05, 0) is 23.1 Å². The third-order valence-corrected chi connectivity index (χ3v) is 7.46. The summed E-state index contributed by atoms with van der Waals surface area (Å²) < 4.78 is 6.74.